The largest absolute Gasteiger partial charge is 0.265 e. The van der Waals surface area contributed by atoms with Gasteiger partial charge in [0.05, 0.1) is 0 Å². The zero-order chi connectivity index (χ0) is 23.8. The van der Waals surface area contributed by atoms with Crippen LogP contribution in [0.3, 0.4) is 0 Å². The third kappa shape index (κ3) is 10.9. The van der Waals surface area contributed by atoms with Crippen molar-refractivity contribution in [3.8, 4) is 22.3 Å². The quantitative estimate of drug-likeness (QED) is 0.156. The van der Waals surface area contributed by atoms with Crippen LogP contribution in [0.2, 0.25) is 0 Å². The average molecular weight is 588 g/mol. The molecule has 0 N–H and O–H groups in total. The summed E-state index contributed by atoms with van der Waals surface area (Å²) in [5.41, 5.74) is 6.02. The molecule has 5 heteroatoms. The van der Waals surface area contributed by atoms with Crippen molar-refractivity contribution in [3.63, 3.8) is 0 Å². The Hall–Kier alpha value is -2.97. The van der Waals surface area contributed by atoms with E-state index in [2.05, 4.69) is 34.2 Å². The molecule has 0 amide bonds. The molecule has 180 valence electrons. The van der Waals surface area contributed by atoms with Gasteiger partial charge in [0.25, 0.3) is 0 Å². The minimum Gasteiger partial charge on any atom is -0.265 e. The topological polar surface area (TPSA) is 25.8 Å². The summed E-state index contributed by atoms with van der Waals surface area (Å²) in [6.45, 7) is 0. The van der Waals surface area contributed by atoms with Gasteiger partial charge >= 0.3 is 73.4 Å². The molecule has 0 aliphatic heterocycles. The van der Waals surface area contributed by atoms with Crippen LogP contribution in [0, 0.1) is 7.43 Å². The van der Waals surface area contributed by atoms with E-state index >= 15 is 0 Å². The maximum Gasteiger partial charge on any atom is 0.0273 e. The molecule has 0 aliphatic carbocycles. The Kier molecular flexibility index (Phi) is 13.4. The van der Waals surface area contributed by atoms with Crippen LogP contribution >= 0.6 is 19.4 Å². The third-order valence-electron chi connectivity index (χ3n) is 4.57. The molecular formula is C30H27Cl2N2Ru-. The molecule has 5 rings (SSSR count). The van der Waals surface area contributed by atoms with E-state index in [0.717, 1.165) is 5.56 Å². The van der Waals surface area contributed by atoms with Gasteiger partial charge < -0.3 is 7.43 Å². The van der Waals surface area contributed by atoms with Crippen molar-refractivity contribution in [1.29, 1.82) is 0 Å². The molecule has 0 bridgehead atoms. The van der Waals surface area contributed by atoms with E-state index < -0.39 is 13.5 Å². The number of hydrogen-bond acceptors (Lipinski definition) is 2. The molecule has 5 aromatic rings. The van der Waals surface area contributed by atoms with Crippen LogP contribution in [-0.4, -0.2) is 14.6 Å². The van der Waals surface area contributed by atoms with Gasteiger partial charge in [0.15, 0.2) is 0 Å². The first-order valence-electron chi connectivity index (χ1n) is 10.5. The molecule has 0 atom stereocenters. The van der Waals surface area contributed by atoms with Gasteiger partial charge in [-0.1, -0.05) is 60.7 Å². The Morgan fingerprint density at radius 1 is 0.457 bits per heavy atom. The van der Waals surface area contributed by atoms with Gasteiger partial charge in [0, 0.05) is 24.8 Å². The summed E-state index contributed by atoms with van der Waals surface area (Å²) in [7, 11) is 11.3. The first-order valence-corrected chi connectivity index (χ1v) is 16.0. The molecule has 2 heterocycles. The second-order valence-corrected chi connectivity index (χ2v) is 12.6. The number of rotatable bonds is 3. The summed E-state index contributed by atoms with van der Waals surface area (Å²) in [5, 5.41) is 0. The molecule has 0 saturated carbocycles. The van der Waals surface area contributed by atoms with Gasteiger partial charge in [0.1, 0.15) is 0 Å². The van der Waals surface area contributed by atoms with Crippen LogP contribution < -0.4 is 0 Å². The molecular weight excluding hydrogens is 560 g/mol. The number of benzene rings is 3. The van der Waals surface area contributed by atoms with Gasteiger partial charge in [0.2, 0.25) is 0 Å². The van der Waals surface area contributed by atoms with Crippen LogP contribution in [-0.2, 0) is 13.5 Å². The van der Waals surface area contributed by atoms with E-state index in [1.165, 1.54) is 22.3 Å². The molecule has 35 heavy (non-hydrogen) atoms. The maximum atomic E-state index is 5.67. The molecule has 2 aromatic heterocycles. The molecule has 0 fully saturated rings. The maximum absolute atomic E-state index is 5.67. The van der Waals surface area contributed by atoms with E-state index in [9.17, 15) is 0 Å². The molecule has 0 radical (unpaired) electrons. The van der Waals surface area contributed by atoms with Crippen molar-refractivity contribution in [3.05, 3.63) is 153 Å². The van der Waals surface area contributed by atoms with E-state index in [0.29, 0.717) is 0 Å². The van der Waals surface area contributed by atoms with Gasteiger partial charge in [-0.2, -0.15) is 0 Å². The van der Waals surface area contributed by atoms with Crippen LogP contribution in [0.25, 0.3) is 22.3 Å². The van der Waals surface area contributed by atoms with Crippen LogP contribution in [0.4, 0.5) is 0 Å². The van der Waals surface area contributed by atoms with Crippen molar-refractivity contribution in [2.75, 3.05) is 0 Å². The minimum atomic E-state index is -1.61. The summed E-state index contributed by atoms with van der Waals surface area (Å²) < 4.78 is 1.92. The van der Waals surface area contributed by atoms with Crippen LogP contribution in [0.5, 0.6) is 0 Å². The fourth-order valence-electron chi connectivity index (χ4n) is 2.96. The van der Waals surface area contributed by atoms with Crippen LogP contribution in [0.1, 0.15) is 5.56 Å². The average Bonchev–Trinajstić information content (AvgIpc) is 2.92. The first kappa shape index (κ1) is 28.3. The summed E-state index contributed by atoms with van der Waals surface area (Å²) >= 11 is -1.61. The number of pyridine rings is 2. The van der Waals surface area contributed by atoms with Gasteiger partial charge in [-0.3, -0.25) is 9.97 Å². The Bertz CT molecular complexity index is 1080. The Balaban J connectivity index is 0.000000184. The fourth-order valence-corrected chi connectivity index (χ4v) is 4.79. The number of nitrogens with zero attached hydrogens (tertiary/aromatic N) is 2. The van der Waals surface area contributed by atoms with E-state index in [-0.39, 0.29) is 7.43 Å². The summed E-state index contributed by atoms with van der Waals surface area (Å²) in [4.78, 5) is 7.94. The predicted octanol–water partition coefficient (Wildman–Crippen LogP) is 8.71. The molecule has 0 spiro atoms. The molecule has 0 saturated heterocycles. The fraction of sp³-hybridized carbons (Fsp3) is 0. The van der Waals surface area contributed by atoms with E-state index in [1.807, 2.05) is 120 Å². The van der Waals surface area contributed by atoms with Crippen molar-refractivity contribution in [2.45, 2.75) is 0 Å². The SMILES string of the molecule is [CH3-].[Cl][Ru]([Cl])=[CH]c1ccccc1.c1ccc(-c2ccncc2)cc1.c1ccc(-c2ccncc2)cc1. The van der Waals surface area contributed by atoms with Crippen molar-refractivity contribution < 1.29 is 13.5 Å². The van der Waals surface area contributed by atoms with Gasteiger partial charge in [-0.05, 0) is 46.5 Å². The Morgan fingerprint density at radius 2 is 0.771 bits per heavy atom. The number of aromatic nitrogens is 2. The molecule has 3 aromatic carbocycles. The normalized spacial score (nSPS) is 9.71. The van der Waals surface area contributed by atoms with E-state index in [1.54, 1.807) is 0 Å². The Labute approximate surface area is 221 Å². The predicted molar refractivity (Wildman–Crippen MR) is 149 cm³/mol. The summed E-state index contributed by atoms with van der Waals surface area (Å²) in [6.07, 6.45) is 7.23. The van der Waals surface area contributed by atoms with Crippen molar-refractivity contribution in [1.82, 2.24) is 9.97 Å². The first-order chi connectivity index (χ1) is 16.7. The van der Waals surface area contributed by atoms with Gasteiger partial charge in [-0.15, -0.1) is 0 Å². The zero-order valence-electron chi connectivity index (χ0n) is 19.4. The zero-order valence-corrected chi connectivity index (χ0v) is 22.6. The summed E-state index contributed by atoms with van der Waals surface area (Å²) in [6, 6.07) is 38.5. The summed E-state index contributed by atoms with van der Waals surface area (Å²) in [5.74, 6) is 0. The third-order valence-corrected chi connectivity index (χ3v) is 6.44. The van der Waals surface area contributed by atoms with E-state index in [4.69, 9.17) is 19.4 Å². The van der Waals surface area contributed by atoms with Gasteiger partial charge in [-0.25, -0.2) is 0 Å². The number of hydrogen-bond donors (Lipinski definition) is 0. The monoisotopic (exact) mass is 587 g/mol. The number of halogens is 2. The Morgan fingerprint density at radius 3 is 1.11 bits per heavy atom. The van der Waals surface area contributed by atoms with Crippen molar-refractivity contribution in [2.24, 2.45) is 0 Å². The minimum absolute atomic E-state index is 0. The smallest absolute Gasteiger partial charge is 0.0273 e. The standard InChI is InChI=1S/2C11H9N.C7H6.CH3.2ClH.Ru/c2*1-2-4-10(5-3-1)11-6-8-12-9-7-11;1-7-5-3-2-4-6-7;;;;/h2*1-9H;1-6H;1H3;2*1H;/q;;;-1;;;+2/p-2. The van der Waals surface area contributed by atoms with Crippen LogP contribution in [0.15, 0.2) is 140 Å². The molecule has 0 aliphatic rings. The molecule has 0 unspecified atom stereocenters. The second-order valence-electron chi connectivity index (χ2n) is 6.92. The molecule has 2 nitrogen and oxygen atoms in total. The van der Waals surface area contributed by atoms with Crippen molar-refractivity contribution >= 4 is 24.0 Å². The second kappa shape index (κ2) is 16.6.